The van der Waals surface area contributed by atoms with E-state index >= 15 is 0 Å². The second-order valence-corrected chi connectivity index (χ2v) is 4.96. The van der Waals surface area contributed by atoms with Crippen molar-refractivity contribution >= 4 is 11.7 Å². The third kappa shape index (κ3) is 3.51. The molecule has 6 nitrogen and oxygen atoms in total. The average molecular weight is 318 g/mol. The number of amides is 2. The first-order chi connectivity index (χ1) is 11.2. The second kappa shape index (κ2) is 6.53. The smallest absolute Gasteiger partial charge is 0.319 e. The number of rotatable bonds is 4. The molecule has 1 heterocycles. The third-order valence-electron chi connectivity index (χ3n) is 3.37. The number of hydrogen-bond acceptors (Lipinski definition) is 4. The van der Waals surface area contributed by atoms with Crippen LogP contribution in [0.1, 0.15) is 11.1 Å². The van der Waals surface area contributed by atoms with E-state index in [-0.39, 0.29) is 25.5 Å². The fourth-order valence-corrected chi connectivity index (χ4v) is 2.16. The van der Waals surface area contributed by atoms with Crippen LogP contribution in [0.15, 0.2) is 36.4 Å². The van der Waals surface area contributed by atoms with Gasteiger partial charge in [0.05, 0.1) is 6.61 Å². The molecule has 0 bridgehead atoms. The van der Waals surface area contributed by atoms with Crippen LogP contribution in [0.5, 0.6) is 11.5 Å². The van der Waals surface area contributed by atoms with Crippen molar-refractivity contribution in [3.63, 3.8) is 0 Å². The van der Waals surface area contributed by atoms with Crippen LogP contribution in [0.2, 0.25) is 0 Å². The predicted molar refractivity (Wildman–Crippen MR) is 80.7 cm³/mol. The summed E-state index contributed by atoms with van der Waals surface area (Å²) >= 11 is 0. The molecule has 0 saturated heterocycles. The molecular weight excluding hydrogens is 303 g/mol. The van der Waals surface area contributed by atoms with E-state index in [0.29, 0.717) is 22.7 Å². The summed E-state index contributed by atoms with van der Waals surface area (Å²) < 4.78 is 24.0. The minimum absolute atomic E-state index is 0.166. The number of urea groups is 1. The molecule has 23 heavy (non-hydrogen) atoms. The van der Waals surface area contributed by atoms with Gasteiger partial charge in [-0.05, 0) is 23.8 Å². The first-order valence-electron chi connectivity index (χ1n) is 6.98. The van der Waals surface area contributed by atoms with E-state index in [0.717, 1.165) is 0 Å². The number of nitrogens with one attached hydrogen (secondary N) is 2. The lowest BCUT2D eigenvalue weighted by Gasteiger charge is -2.09. The highest BCUT2D eigenvalue weighted by molar-refractivity contribution is 5.89. The molecule has 3 N–H and O–H groups in total. The summed E-state index contributed by atoms with van der Waals surface area (Å²) in [6.45, 7) is -0.0243. The lowest BCUT2D eigenvalue weighted by atomic mass is 10.1. The van der Waals surface area contributed by atoms with Crippen LogP contribution in [-0.4, -0.2) is 17.9 Å². The quantitative estimate of drug-likeness (QED) is 0.808. The van der Waals surface area contributed by atoms with Crippen LogP contribution in [-0.2, 0) is 13.2 Å². The maximum absolute atomic E-state index is 13.5. The van der Waals surface area contributed by atoms with Crippen molar-refractivity contribution in [3.8, 4) is 11.5 Å². The fraction of sp³-hybridized carbons (Fsp3) is 0.188. The molecule has 2 aromatic carbocycles. The molecule has 0 unspecified atom stereocenters. The number of ether oxygens (including phenoxy) is 2. The van der Waals surface area contributed by atoms with E-state index < -0.39 is 11.8 Å². The molecule has 0 saturated carbocycles. The summed E-state index contributed by atoms with van der Waals surface area (Å²) in [5, 5.41) is 14.2. The van der Waals surface area contributed by atoms with Gasteiger partial charge in [-0.3, -0.25) is 0 Å². The van der Waals surface area contributed by atoms with Crippen LogP contribution in [0.4, 0.5) is 14.9 Å². The van der Waals surface area contributed by atoms with Gasteiger partial charge in [-0.1, -0.05) is 12.1 Å². The van der Waals surface area contributed by atoms with E-state index in [2.05, 4.69) is 10.6 Å². The molecular formula is C16H15FN2O4. The van der Waals surface area contributed by atoms with E-state index in [9.17, 15) is 9.18 Å². The van der Waals surface area contributed by atoms with Gasteiger partial charge in [0.1, 0.15) is 5.82 Å². The molecule has 0 spiro atoms. The minimum Gasteiger partial charge on any atom is -0.454 e. The molecule has 0 atom stereocenters. The van der Waals surface area contributed by atoms with Crippen molar-refractivity contribution in [2.24, 2.45) is 0 Å². The molecule has 120 valence electrons. The summed E-state index contributed by atoms with van der Waals surface area (Å²) in [7, 11) is 0. The lowest BCUT2D eigenvalue weighted by molar-refractivity contribution is 0.174. The SMILES string of the molecule is O=C(NCc1ccc(CO)c(F)c1)Nc1ccc2c(c1)OCO2. The number of fused-ring (bicyclic) bond motifs is 1. The molecule has 1 aliphatic heterocycles. The number of aliphatic hydroxyl groups is 1. The molecule has 0 fully saturated rings. The van der Waals surface area contributed by atoms with Crippen molar-refractivity contribution in [2.45, 2.75) is 13.2 Å². The Balaban J connectivity index is 1.56. The zero-order valence-corrected chi connectivity index (χ0v) is 12.1. The number of carbonyl (C=O) groups excluding carboxylic acids is 1. The number of hydrogen-bond donors (Lipinski definition) is 3. The van der Waals surface area contributed by atoms with E-state index in [4.69, 9.17) is 14.6 Å². The Morgan fingerprint density at radius 3 is 2.78 bits per heavy atom. The van der Waals surface area contributed by atoms with Crippen LogP contribution in [0.25, 0.3) is 0 Å². The predicted octanol–water partition coefficient (Wildman–Crippen LogP) is 2.37. The topological polar surface area (TPSA) is 79.8 Å². The standard InChI is InChI=1S/C16H15FN2O4/c17-13-5-10(1-2-11(13)8-20)7-18-16(21)19-12-3-4-14-15(6-12)23-9-22-14/h1-6,20H,7-9H2,(H2,18,19,21). The van der Waals surface area contributed by atoms with Crippen molar-refractivity contribution < 1.29 is 23.8 Å². The summed E-state index contributed by atoms with van der Waals surface area (Å²) in [6.07, 6.45) is 0. The number of halogens is 1. The maximum Gasteiger partial charge on any atom is 0.319 e. The normalized spacial score (nSPS) is 12.1. The largest absolute Gasteiger partial charge is 0.454 e. The Bertz CT molecular complexity index is 736. The molecule has 2 aromatic rings. The van der Waals surface area contributed by atoms with Crippen molar-refractivity contribution in [3.05, 3.63) is 53.3 Å². The number of benzene rings is 2. The van der Waals surface area contributed by atoms with Crippen LogP contribution in [0, 0.1) is 5.82 Å². The highest BCUT2D eigenvalue weighted by Gasteiger charge is 2.14. The lowest BCUT2D eigenvalue weighted by Crippen LogP contribution is -2.28. The van der Waals surface area contributed by atoms with Crippen LogP contribution >= 0.6 is 0 Å². The molecule has 7 heteroatoms. The molecule has 3 rings (SSSR count). The monoisotopic (exact) mass is 318 g/mol. The molecule has 1 aliphatic rings. The fourth-order valence-electron chi connectivity index (χ4n) is 2.16. The molecule has 2 amide bonds. The Kier molecular flexibility index (Phi) is 4.29. The number of carbonyl (C=O) groups is 1. The van der Waals surface area contributed by atoms with E-state index in [1.807, 2.05) is 0 Å². The number of anilines is 1. The van der Waals surface area contributed by atoms with Gasteiger partial charge in [0, 0.05) is 23.9 Å². The zero-order valence-electron chi connectivity index (χ0n) is 12.1. The van der Waals surface area contributed by atoms with Gasteiger partial charge in [0.15, 0.2) is 11.5 Å². The Hall–Kier alpha value is -2.80. The third-order valence-corrected chi connectivity index (χ3v) is 3.37. The van der Waals surface area contributed by atoms with Gasteiger partial charge in [-0.25, -0.2) is 9.18 Å². The highest BCUT2D eigenvalue weighted by atomic mass is 19.1. The number of aliphatic hydroxyl groups excluding tert-OH is 1. The zero-order chi connectivity index (χ0) is 16.2. The highest BCUT2D eigenvalue weighted by Crippen LogP contribution is 2.34. The van der Waals surface area contributed by atoms with Gasteiger partial charge in [-0.15, -0.1) is 0 Å². The van der Waals surface area contributed by atoms with Crippen molar-refractivity contribution in [1.29, 1.82) is 0 Å². The van der Waals surface area contributed by atoms with Crippen LogP contribution < -0.4 is 20.1 Å². The summed E-state index contributed by atoms with van der Waals surface area (Å²) in [6, 6.07) is 9.07. The summed E-state index contributed by atoms with van der Waals surface area (Å²) in [5.41, 5.74) is 1.38. The first kappa shape index (κ1) is 15.1. The summed E-state index contributed by atoms with van der Waals surface area (Å²) in [5.74, 6) is 0.711. The van der Waals surface area contributed by atoms with Gasteiger partial charge >= 0.3 is 6.03 Å². The first-order valence-corrected chi connectivity index (χ1v) is 6.98. The van der Waals surface area contributed by atoms with E-state index in [1.54, 1.807) is 24.3 Å². The Morgan fingerprint density at radius 2 is 2.00 bits per heavy atom. The Labute approximate surface area is 131 Å². The molecule has 0 aromatic heterocycles. The van der Waals surface area contributed by atoms with Crippen molar-refractivity contribution in [1.82, 2.24) is 5.32 Å². The maximum atomic E-state index is 13.5. The Morgan fingerprint density at radius 1 is 1.17 bits per heavy atom. The minimum atomic E-state index is -0.497. The van der Waals surface area contributed by atoms with Gasteiger partial charge in [0.25, 0.3) is 0 Å². The van der Waals surface area contributed by atoms with Gasteiger partial charge < -0.3 is 25.2 Å². The van der Waals surface area contributed by atoms with Gasteiger partial charge in [-0.2, -0.15) is 0 Å². The van der Waals surface area contributed by atoms with E-state index in [1.165, 1.54) is 12.1 Å². The molecule has 0 radical (unpaired) electrons. The van der Waals surface area contributed by atoms with Crippen molar-refractivity contribution in [2.75, 3.05) is 12.1 Å². The van der Waals surface area contributed by atoms with Gasteiger partial charge in [0.2, 0.25) is 6.79 Å². The average Bonchev–Trinajstić information content (AvgIpc) is 3.01. The van der Waals surface area contributed by atoms with Crippen LogP contribution in [0.3, 0.4) is 0 Å². The summed E-state index contributed by atoms with van der Waals surface area (Å²) in [4.78, 5) is 11.9. The molecule has 0 aliphatic carbocycles. The second-order valence-electron chi connectivity index (χ2n) is 4.96.